The van der Waals surface area contributed by atoms with Crippen LogP contribution in [0.3, 0.4) is 0 Å². The highest BCUT2D eigenvalue weighted by molar-refractivity contribution is 6.31. The van der Waals surface area contributed by atoms with Gasteiger partial charge in [-0.05, 0) is 59.4 Å². The van der Waals surface area contributed by atoms with Crippen molar-refractivity contribution < 1.29 is 9.59 Å². The summed E-state index contributed by atoms with van der Waals surface area (Å²) in [5.41, 5.74) is 5.01. The van der Waals surface area contributed by atoms with Gasteiger partial charge in [0.2, 0.25) is 0 Å². The van der Waals surface area contributed by atoms with Crippen molar-refractivity contribution in [1.82, 2.24) is 0 Å². The summed E-state index contributed by atoms with van der Waals surface area (Å²) in [6, 6.07) is 14.9. The van der Waals surface area contributed by atoms with Gasteiger partial charge in [0.25, 0.3) is 0 Å². The molecule has 0 N–H and O–H groups in total. The summed E-state index contributed by atoms with van der Waals surface area (Å²) in [5.74, 6) is 0.103. The highest BCUT2D eigenvalue weighted by Crippen LogP contribution is 2.43. The van der Waals surface area contributed by atoms with Crippen molar-refractivity contribution >= 4 is 45.9 Å². The number of carbonyl (C=O) groups excluding carboxylic acids is 2. The van der Waals surface area contributed by atoms with Crippen LogP contribution in [-0.4, -0.2) is 11.6 Å². The predicted octanol–water partition coefficient (Wildman–Crippen LogP) is 5.93. The summed E-state index contributed by atoms with van der Waals surface area (Å²) in [6.07, 6.45) is 2.00. The lowest BCUT2D eigenvalue weighted by atomic mass is 9.73. The first-order chi connectivity index (χ1) is 12.5. The Morgan fingerprint density at radius 1 is 0.538 bits per heavy atom. The van der Waals surface area contributed by atoms with E-state index < -0.39 is 0 Å². The zero-order valence-corrected chi connectivity index (χ0v) is 15.5. The van der Waals surface area contributed by atoms with Crippen molar-refractivity contribution in [1.29, 1.82) is 0 Å². The van der Waals surface area contributed by atoms with Gasteiger partial charge in [0, 0.05) is 34.0 Å². The minimum atomic E-state index is 0.0516. The van der Waals surface area contributed by atoms with E-state index in [0.717, 1.165) is 22.3 Å². The fourth-order valence-electron chi connectivity index (χ4n) is 3.77. The monoisotopic (exact) mass is 382 g/mol. The molecule has 0 radical (unpaired) electrons. The van der Waals surface area contributed by atoms with Gasteiger partial charge >= 0.3 is 0 Å². The van der Waals surface area contributed by atoms with Crippen molar-refractivity contribution in [2.45, 2.75) is 25.7 Å². The van der Waals surface area contributed by atoms with Gasteiger partial charge in [-0.25, -0.2) is 0 Å². The number of hydrogen-bond acceptors (Lipinski definition) is 2. The molecule has 2 aliphatic rings. The third-order valence-corrected chi connectivity index (χ3v) is 5.50. The van der Waals surface area contributed by atoms with E-state index in [1.165, 1.54) is 0 Å². The number of Topliss-reactive ketones (excluding diaryl/α,β-unsaturated/α-hetero) is 2. The lowest BCUT2D eigenvalue weighted by Gasteiger charge is -2.28. The molecule has 0 spiro atoms. The molecule has 0 bridgehead atoms. The molecule has 4 heteroatoms. The molecule has 0 amide bonds. The summed E-state index contributed by atoms with van der Waals surface area (Å²) < 4.78 is 0. The van der Waals surface area contributed by atoms with Crippen molar-refractivity contribution in [2.75, 3.05) is 0 Å². The number of allylic oxidation sites excluding steroid dienone is 4. The molecule has 2 aromatic rings. The Kier molecular flexibility index (Phi) is 4.56. The molecular formula is C22H16Cl2O2. The van der Waals surface area contributed by atoms with Gasteiger partial charge in [0.15, 0.2) is 11.6 Å². The third kappa shape index (κ3) is 3.04. The van der Waals surface area contributed by atoms with Gasteiger partial charge in [0.05, 0.1) is 0 Å². The number of hydrogen-bond donors (Lipinski definition) is 0. The van der Waals surface area contributed by atoms with Crippen molar-refractivity contribution in [3.05, 3.63) is 80.8 Å². The molecule has 2 aromatic carbocycles. The fraction of sp³-hybridized carbons (Fsp3) is 0.182. The Balaban J connectivity index is 1.94. The highest BCUT2D eigenvalue weighted by atomic mass is 35.5. The quantitative estimate of drug-likeness (QED) is 0.645. The molecule has 0 aromatic heterocycles. The number of halogens is 2. The van der Waals surface area contributed by atoms with Crippen molar-refractivity contribution in [3.63, 3.8) is 0 Å². The fourth-order valence-corrected chi connectivity index (χ4v) is 4.03. The average molecular weight is 383 g/mol. The lowest BCUT2D eigenvalue weighted by molar-refractivity contribution is -0.118. The van der Waals surface area contributed by atoms with Gasteiger partial charge in [0.1, 0.15) is 0 Å². The predicted molar refractivity (Wildman–Crippen MR) is 105 cm³/mol. The van der Waals surface area contributed by atoms with Gasteiger partial charge in [-0.1, -0.05) is 47.5 Å². The van der Waals surface area contributed by atoms with Crippen LogP contribution in [0.5, 0.6) is 0 Å². The molecule has 0 saturated carbocycles. The van der Waals surface area contributed by atoms with Crippen LogP contribution < -0.4 is 0 Å². The molecule has 2 nitrogen and oxygen atoms in total. The molecule has 0 unspecified atom stereocenters. The number of carbonyl (C=O) groups is 2. The van der Waals surface area contributed by atoms with E-state index in [2.05, 4.69) is 0 Å². The Labute approximate surface area is 162 Å². The normalized spacial score (nSPS) is 17.6. The summed E-state index contributed by atoms with van der Waals surface area (Å²) >= 11 is 12.0. The number of ketones is 2. The molecule has 2 aliphatic carbocycles. The first-order valence-corrected chi connectivity index (χ1v) is 9.35. The maximum atomic E-state index is 12.8. The summed E-state index contributed by atoms with van der Waals surface area (Å²) in [7, 11) is 0. The molecule has 130 valence electrons. The van der Waals surface area contributed by atoms with E-state index >= 15 is 0 Å². The standard InChI is InChI=1S/C22H16Cl2O2/c23-15-5-1-13(2-6-15)17-9-11-20(26)22-18(10-12-19(25)21(17)22)14-3-7-16(24)8-4-14/h1-8H,9-12H2. The van der Waals surface area contributed by atoms with E-state index in [1.807, 2.05) is 48.5 Å². The second-order valence-electron chi connectivity index (χ2n) is 6.57. The van der Waals surface area contributed by atoms with Crippen LogP contribution in [0, 0.1) is 0 Å². The van der Waals surface area contributed by atoms with Crippen LogP contribution in [0.2, 0.25) is 10.0 Å². The van der Waals surface area contributed by atoms with Crippen molar-refractivity contribution in [2.24, 2.45) is 0 Å². The van der Waals surface area contributed by atoms with E-state index in [-0.39, 0.29) is 11.6 Å². The largest absolute Gasteiger partial charge is 0.294 e. The summed E-state index contributed by atoms with van der Waals surface area (Å²) in [6.45, 7) is 0. The topological polar surface area (TPSA) is 34.1 Å². The van der Waals surface area contributed by atoms with Crippen LogP contribution in [0.1, 0.15) is 36.8 Å². The highest BCUT2D eigenvalue weighted by Gasteiger charge is 2.35. The maximum absolute atomic E-state index is 12.8. The number of benzene rings is 2. The van der Waals surface area contributed by atoms with Gasteiger partial charge in [-0.2, -0.15) is 0 Å². The number of fused-ring (bicyclic) bond motifs is 1. The van der Waals surface area contributed by atoms with Crippen LogP contribution >= 0.6 is 23.2 Å². The van der Waals surface area contributed by atoms with Crippen LogP contribution in [0.25, 0.3) is 11.1 Å². The van der Waals surface area contributed by atoms with Crippen LogP contribution in [0.4, 0.5) is 0 Å². The molecule has 0 heterocycles. The molecule has 0 atom stereocenters. The lowest BCUT2D eigenvalue weighted by Crippen LogP contribution is -2.24. The average Bonchev–Trinajstić information content (AvgIpc) is 2.64. The van der Waals surface area contributed by atoms with Gasteiger partial charge < -0.3 is 0 Å². The molecule has 0 aliphatic heterocycles. The first kappa shape index (κ1) is 17.3. The van der Waals surface area contributed by atoms with Crippen LogP contribution in [-0.2, 0) is 9.59 Å². The van der Waals surface area contributed by atoms with E-state index in [0.29, 0.717) is 46.9 Å². The van der Waals surface area contributed by atoms with Crippen molar-refractivity contribution in [3.8, 4) is 0 Å². The molecule has 0 saturated heterocycles. The Morgan fingerprint density at radius 3 is 1.23 bits per heavy atom. The smallest absolute Gasteiger partial charge is 0.164 e. The third-order valence-electron chi connectivity index (χ3n) is 5.00. The second kappa shape index (κ2) is 6.86. The first-order valence-electron chi connectivity index (χ1n) is 8.59. The maximum Gasteiger partial charge on any atom is 0.164 e. The number of rotatable bonds is 2. The minimum Gasteiger partial charge on any atom is -0.294 e. The van der Waals surface area contributed by atoms with E-state index in [1.54, 1.807) is 0 Å². The van der Waals surface area contributed by atoms with Gasteiger partial charge in [-0.3, -0.25) is 9.59 Å². The van der Waals surface area contributed by atoms with E-state index in [9.17, 15) is 9.59 Å². The van der Waals surface area contributed by atoms with E-state index in [4.69, 9.17) is 23.2 Å². The summed E-state index contributed by atoms with van der Waals surface area (Å²) in [5, 5.41) is 1.30. The van der Waals surface area contributed by atoms with Crippen LogP contribution in [0.15, 0.2) is 59.7 Å². The minimum absolute atomic E-state index is 0.0516. The second-order valence-corrected chi connectivity index (χ2v) is 7.44. The molecule has 0 fully saturated rings. The Bertz CT molecular complexity index is 883. The molecule has 4 rings (SSSR count). The zero-order chi connectivity index (χ0) is 18.3. The Morgan fingerprint density at radius 2 is 0.885 bits per heavy atom. The summed E-state index contributed by atoms with van der Waals surface area (Å²) in [4.78, 5) is 25.5. The Hall–Kier alpha value is -2.16. The zero-order valence-electron chi connectivity index (χ0n) is 14.0. The SMILES string of the molecule is O=C1CCC(c2ccc(Cl)cc2)=C2C(=O)CCC(c3ccc(Cl)cc3)=C12. The molecule has 26 heavy (non-hydrogen) atoms. The molecular weight excluding hydrogens is 367 g/mol. The van der Waals surface area contributed by atoms with Gasteiger partial charge in [-0.15, -0.1) is 0 Å².